The van der Waals surface area contributed by atoms with E-state index in [-0.39, 0.29) is 6.09 Å². The maximum atomic E-state index is 12.3. The Kier molecular flexibility index (Phi) is 4.71. The van der Waals surface area contributed by atoms with Crippen molar-refractivity contribution >= 4 is 6.09 Å². The number of carbonyl (C=O) groups excluding carboxylic acids is 1. The Bertz CT molecular complexity index is 909. The van der Waals surface area contributed by atoms with Crippen molar-refractivity contribution < 1.29 is 19.0 Å². The van der Waals surface area contributed by atoms with Crippen LogP contribution in [-0.4, -0.2) is 39.5 Å². The van der Waals surface area contributed by atoms with Crippen LogP contribution in [-0.2, 0) is 17.6 Å². The molecule has 2 aliphatic heterocycles. The van der Waals surface area contributed by atoms with Gasteiger partial charge in [0.05, 0.1) is 0 Å². The van der Waals surface area contributed by atoms with Crippen LogP contribution in [0.15, 0.2) is 30.5 Å². The minimum absolute atomic E-state index is 0.239. The van der Waals surface area contributed by atoms with Crippen LogP contribution in [0.5, 0.6) is 11.5 Å². The van der Waals surface area contributed by atoms with Crippen molar-refractivity contribution in [1.29, 1.82) is 0 Å². The summed E-state index contributed by atoms with van der Waals surface area (Å²) in [5, 5.41) is 4.46. The molecule has 0 saturated carbocycles. The molecule has 1 aromatic carbocycles. The molecule has 7 heteroatoms. The number of ether oxygens (including phenoxy) is 3. The summed E-state index contributed by atoms with van der Waals surface area (Å²) < 4.78 is 19.7. The summed E-state index contributed by atoms with van der Waals surface area (Å²) in [5.74, 6) is 0.900. The van der Waals surface area contributed by atoms with Crippen LogP contribution in [0.25, 0.3) is 0 Å². The highest BCUT2D eigenvalue weighted by Crippen LogP contribution is 2.49. The zero-order valence-electron chi connectivity index (χ0n) is 17.8. The number of hydrogen-bond donors (Lipinski definition) is 0. The fourth-order valence-corrected chi connectivity index (χ4v) is 3.93. The van der Waals surface area contributed by atoms with Gasteiger partial charge in [-0.2, -0.15) is 5.10 Å². The summed E-state index contributed by atoms with van der Waals surface area (Å²) in [7, 11) is 1.87. The largest absolute Gasteiger partial charge is 0.444 e. The van der Waals surface area contributed by atoms with Gasteiger partial charge in [0.1, 0.15) is 11.3 Å². The Balaban J connectivity index is 1.48. The van der Waals surface area contributed by atoms with Crippen LogP contribution < -0.4 is 9.47 Å². The smallest absolute Gasteiger partial charge is 0.410 e. The summed E-state index contributed by atoms with van der Waals surface area (Å²) >= 11 is 0. The first-order valence-electron chi connectivity index (χ1n) is 10.1. The lowest BCUT2D eigenvalue weighted by molar-refractivity contribution is -0.0725. The molecule has 29 heavy (non-hydrogen) atoms. The van der Waals surface area contributed by atoms with E-state index >= 15 is 0 Å². The number of benzene rings is 1. The van der Waals surface area contributed by atoms with Crippen molar-refractivity contribution in [3.63, 3.8) is 0 Å². The van der Waals surface area contributed by atoms with E-state index in [9.17, 15) is 4.79 Å². The molecule has 2 aliphatic rings. The van der Waals surface area contributed by atoms with Gasteiger partial charge in [0.2, 0.25) is 0 Å². The minimum atomic E-state index is -0.934. The van der Waals surface area contributed by atoms with Crippen LogP contribution in [0.1, 0.15) is 57.7 Å². The summed E-state index contributed by atoms with van der Waals surface area (Å²) in [6.07, 6.45) is 3.36. The number of carbonyl (C=O) groups is 1. The van der Waals surface area contributed by atoms with Gasteiger partial charge in [-0.1, -0.05) is 12.1 Å². The lowest BCUT2D eigenvalue weighted by atomic mass is 9.89. The number of aromatic nitrogens is 2. The number of piperidine rings is 1. The van der Waals surface area contributed by atoms with E-state index < -0.39 is 11.4 Å². The van der Waals surface area contributed by atoms with E-state index in [1.54, 1.807) is 9.58 Å². The molecule has 0 radical (unpaired) electrons. The van der Waals surface area contributed by atoms with E-state index in [1.807, 2.05) is 59.1 Å². The van der Waals surface area contributed by atoms with Crippen molar-refractivity contribution in [2.24, 2.45) is 7.05 Å². The minimum Gasteiger partial charge on any atom is -0.444 e. The second-order valence-electron chi connectivity index (χ2n) is 8.94. The van der Waals surface area contributed by atoms with Crippen LogP contribution in [0, 0.1) is 0 Å². The zero-order valence-corrected chi connectivity index (χ0v) is 17.8. The average molecular weight is 399 g/mol. The monoisotopic (exact) mass is 399 g/mol. The highest BCUT2D eigenvalue weighted by molar-refractivity contribution is 5.68. The van der Waals surface area contributed by atoms with Crippen LogP contribution in [0.2, 0.25) is 0 Å². The topological polar surface area (TPSA) is 65.8 Å². The maximum Gasteiger partial charge on any atom is 0.410 e. The molecule has 1 aromatic heterocycles. The van der Waals surface area contributed by atoms with E-state index in [1.165, 1.54) is 0 Å². The van der Waals surface area contributed by atoms with Gasteiger partial charge in [0, 0.05) is 38.8 Å². The van der Waals surface area contributed by atoms with Gasteiger partial charge in [-0.25, -0.2) is 4.79 Å². The van der Waals surface area contributed by atoms with Gasteiger partial charge < -0.3 is 19.1 Å². The third-order valence-electron chi connectivity index (χ3n) is 5.38. The molecule has 1 unspecified atom stereocenters. The quantitative estimate of drug-likeness (QED) is 0.758. The number of aryl methyl sites for hydroxylation is 1. The molecule has 0 aliphatic carbocycles. The first kappa shape index (κ1) is 19.6. The third-order valence-corrected chi connectivity index (χ3v) is 5.38. The molecular weight excluding hydrogens is 370 g/mol. The number of rotatable bonds is 2. The van der Waals surface area contributed by atoms with Crippen LogP contribution in [0.3, 0.4) is 0 Å². The first-order chi connectivity index (χ1) is 13.6. The summed E-state index contributed by atoms with van der Waals surface area (Å²) in [6, 6.07) is 7.94. The van der Waals surface area contributed by atoms with Crippen molar-refractivity contribution in [3.05, 3.63) is 41.7 Å². The zero-order chi connectivity index (χ0) is 20.8. The standard InChI is InChI=1S/C22H29N3O4/c1-21(2,3)29-20(26)25-13-9-15(10-14-25)16-7-6-8-17-19(16)28-22(4,27-17)18-11-12-24(5)23-18/h6-8,11-12,15H,9-10,13-14H2,1-5H3. The van der Waals surface area contributed by atoms with Crippen LogP contribution in [0.4, 0.5) is 4.79 Å². The molecule has 2 aromatic rings. The number of fused-ring (bicyclic) bond motifs is 1. The fourth-order valence-electron chi connectivity index (χ4n) is 3.93. The molecule has 0 spiro atoms. The van der Waals surface area contributed by atoms with Crippen molar-refractivity contribution in [3.8, 4) is 11.5 Å². The normalized spacial score (nSPS) is 22.0. The molecular formula is C22H29N3O4. The molecule has 1 atom stereocenters. The Labute approximate surface area is 171 Å². The van der Waals surface area contributed by atoms with E-state index in [0.29, 0.717) is 19.0 Å². The van der Waals surface area contributed by atoms with Crippen molar-refractivity contribution in [1.82, 2.24) is 14.7 Å². The third kappa shape index (κ3) is 3.91. The molecule has 1 amide bonds. The SMILES string of the molecule is Cn1ccc(C2(C)Oc3cccc(C4CCN(C(=O)OC(C)(C)C)CC4)c3O2)n1. The maximum absolute atomic E-state index is 12.3. The molecule has 4 rings (SSSR count). The van der Waals surface area contributed by atoms with Crippen molar-refractivity contribution in [2.45, 2.75) is 57.8 Å². The lowest BCUT2D eigenvalue weighted by Gasteiger charge is -2.34. The van der Waals surface area contributed by atoms with Gasteiger partial charge in [-0.15, -0.1) is 0 Å². The Morgan fingerprint density at radius 3 is 2.55 bits per heavy atom. The highest BCUT2D eigenvalue weighted by Gasteiger charge is 2.43. The average Bonchev–Trinajstić information content (AvgIpc) is 3.24. The lowest BCUT2D eigenvalue weighted by Crippen LogP contribution is -2.41. The van der Waals surface area contributed by atoms with Crippen LogP contribution >= 0.6 is 0 Å². The second kappa shape index (κ2) is 6.97. The molecule has 7 nitrogen and oxygen atoms in total. The number of para-hydroxylation sites is 1. The summed E-state index contributed by atoms with van der Waals surface area (Å²) in [5.41, 5.74) is 1.39. The Morgan fingerprint density at radius 1 is 1.21 bits per heavy atom. The molecule has 1 saturated heterocycles. The Morgan fingerprint density at radius 2 is 1.93 bits per heavy atom. The molecule has 0 bridgehead atoms. The predicted octanol–water partition coefficient (Wildman–Crippen LogP) is 4.18. The van der Waals surface area contributed by atoms with E-state index in [2.05, 4.69) is 11.2 Å². The van der Waals surface area contributed by atoms with Crippen molar-refractivity contribution in [2.75, 3.05) is 13.1 Å². The number of amides is 1. The van der Waals surface area contributed by atoms with Gasteiger partial charge in [0.25, 0.3) is 5.79 Å². The summed E-state index contributed by atoms with van der Waals surface area (Å²) in [6.45, 7) is 8.90. The molecule has 3 heterocycles. The van der Waals surface area contributed by atoms with Gasteiger partial charge in [0.15, 0.2) is 11.5 Å². The highest BCUT2D eigenvalue weighted by atomic mass is 16.7. The van der Waals surface area contributed by atoms with Gasteiger partial charge >= 0.3 is 6.09 Å². The van der Waals surface area contributed by atoms with E-state index in [4.69, 9.17) is 14.2 Å². The number of likely N-dealkylation sites (tertiary alicyclic amines) is 1. The molecule has 0 N–H and O–H groups in total. The van der Waals surface area contributed by atoms with Gasteiger partial charge in [-0.3, -0.25) is 4.68 Å². The van der Waals surface area contributed by atoms with Gasteiger partial charge in [-0.05, 0) is 51.7 Å². The first-order valence-corrected chi connectivity index (χ1v) is 10.1. The predicted molar refractivity (Wildman–Crippen MR) is 108 cm³/mol. The second-order valence-corrected chi connectivity index (χ2v) is 8.94. The number of hydrogen-bond acceptors (Lipinski definition) is 5. The fraction of sp³-hybridized carbons (Fsp3) is 0.545. The molecule has 1 fully saturated rings. The summed E-state index contributed by atoms with van der Waals surface area (Å²) in [4.78, 5) is 14.1. The van der Waals surface area contributed by atoms with E-state index in [0.717, 1.165) is 35.6 Å². The number of nitrogens with zero attached hydrogens (tertiary/aromatic N) is 3. The molecule has 156 valence electrons. The Hall–Kier alpha value is -2.70.